The predicted octanol–water partition coefficient (Wildman–Crippen LogP) is 3.58. The summed E-state index contributed by atoms with van der Waals surface area (Å²) >= 11 is 0. The molecule has 150 valence electrons. The zero-order chi connectivity index (χ0) is 20.5. The molecule has 0 saturated heterocycles. The lowest BCUT2D eigenvalue weighted by molar-refractivity contribution is -0.235. The van der Waals surface area contributed by atoms with E-state index in [9.17, 15) is 17.6 Å². The normalized spacial score (nSPS) is 12.5. The van der Waals surface area contributed by atoms with Gasteiger partial charge in [0.25, 0.3) is 5.88 Å². The number of rotatable bonds is 6. The Morgan fingerprint density at radius 1 is 1.11 bits per heavy atom. The van der Waals surface area contributed by atoms with Crippen molar-refractivity contribution in [1.29, 1.82) is 0 Å². The van der Waals surface area contributed by atoms with E-state index in [1.807, 2.05) is 6.92 Å². The molecule has 0 atom stereocenters. The second-order valence-electron chi connectivity index (χ2n) is 6.38. The van der Waals surface area contributed by atoms with Crippen LogP contribution in [0, 0.1) is 5.82 Å². The third kappa shape index (κ3) is 3.88. The number of fused-ring (bicyclic) bond motifs is 1. The van der Waals surface area contributed by atoms with Crippen LogP contribution in [0.1, 0.15) is 26.6 Å². The van der Waals surface area contributed by atoms with E-state index < -0.39 is 23.5 Å². The highest BCUT2D eigenvalue weighted by atomic mass is 19.4. The molecule has 0 aliphatic rings. The first-order valence-corrected chi connectivity index (χ1v) is 8.31. The molecule has 0 bridgehead atoms. The van der Waals surface area contributed by atoms with Crippen molar-refractivity contribution in [2.45, 2.75) is 39.2 Å². The molecule has 28 heavy (non-hydrogen) atoms. The maximum absolute atomic E-state index is 14.3. The zero-order valence-corrected chi connectivity index (χ0v) is 15.3. The van der Waals surface area contributed by atoms with Gasteiger partial charge in [-0.15, -0.1) is 10.2 Å². The number of ether oxygens (including phenoxy) is 2. The van der Waals surface area contributed by atoms with Crippen molar-refractivity contribution in [3.63, 3.8) is 0 Å². The van der Waals surface area contributed by atoms with Crippen LogP contribution in [0.3, 0.4) is 0 Å². The van der Waals surface area contributed by atoms with Crippen LogP contribution >= 0.6 is 0 Å². The Labute approximate surface area is 157 Å². The number of hydrogen-bond acceptors (Lipinski definition) is 6. The minimum Gasteiger partial charge on any atom is -0.460 e. The molecule has 0 aliphatic carbocycles. The largest absolute Gasteiger partial charge is 0.460 e. The minimum absolute atomic E-state index is 0.229. The highest BCUT2D eigenvalue weighted by Gasteiger charge is 2.50. The van der Waals surface area contributed by atoms with Crippen LogP contribution in [0.4, 0.5) is 17.6 Å². The maximum atomic E-state index is 14.3. The first kappa shape index (κ1) is 19.9. The third-order valence-electron chi connectivity index (χ3n) is 3.94. The molecule has 0 radical (unpaired) electrons. The van der Waals surface area contributed by atoms with Gasteiger partial charge in [0, 0.05) is 24.6 Å². The van der Waals surface area contributed by atoms with Gasteiger partial charge in [0.05, 0.1) is 11.9 Å². The smallest absolute Gasteiger partial charge is 0.427 e. The summed E-state index contributed by atoms with van der Waals surface area (Å²) < 4.78 is 64.8. The summed E-state index contributed by atoms with van der Waals surface area (Å²) in [6, 6.07) is 1.01. The number of alkyl halides is 3. The topological polar surface area (TPSA) is 74.4 Å². The highest BCUT2D eigenvalue weighted by molar-refractivity contribution is 5.59. The average molecular weight is 399 g/mol. The molecule has 3 rings (SSSR count). The Morgan fingerprint density at radius 2 is 1.86 bits per heavy atom. The molecule has 7 nitrogen and oxygen atoms in total. The van der Waals surface area contributed by atoms with Gasteiger partial charge in [0.15, 0.2) is 22.9 Å². The Balaban J connectivity index is 1.91. The molecule has 0 spiro atoms. The quantitative estimate of drug-likeness (QED) is 0.590. The molecule has 3 aromatic heterocycles. The van der Waals surface area contributed by atoms with E-state index in [0.29, 0.717) is 23.8 Å². The third-order valence-corrected chi connectivity index (χ3v) is 3.94. The number of pyridine rings is 1. The summed E-state index contributed by atoms with van der Waals surface area (Å²) in [5, 5.41) is 7.95. The van der Waals surface area contributed by atoms with Crippen molar-refractivity contribution in [3.05, 3.63) is 36.3 Å². The number of nitrogens with zero attached hydrogens (tertiary/aromatic N) is 5. The van der Waals surface area contributed by atoms with Crippen molar-refractivity contribution in [3.8, 4) is 17.1 Å². The fourth-order valence-corrected chi connectivity index (χ4v) is 2.23. The van der Waals surface area contributed by atoms with E-state index in [1.165, 1.54) is 12.4 Å². The van der Waals surface area contributed by atoms with Crippen LogP contribution in [-0.4, -0.2) is 43.0 Å². The second-order valence-corrected chi connectivity index (χ2v) is 6.38. The van der Waals surface area contributed by atoms with Gasteiger partial charge >= 0.3 is 6.18 Å². The Bertz CT molecular complexity index is 987. The minimum atomic E-state index is -4.68. The van der Waals surface area contributed by atoms with Gasteiger partial charge in [-0.25, -0.2) is 9.37 Å². The lowest BCUT2D eigenvalue weighted by atomic mass is 10.1. The zero-order valence-electron chi connectivity index (χ0n) is 15.3. The lowest BCUT2D eigenvalue weighted by Crippen LogP contribution is -2.45. The monoisotopic (exact) mass is 399 g/mol. The van der Waals surface area contributed by atoms with Crippen molar-refractivity contribution in [2.75, 3.05) is 6.61 Å². The molecule has 3 aromatic rings. The lowest BCUT2D eigenvalue weighted by Gasteiger charge is -2.28. The fraction of sp³-hybridized carbons (Fsp3) is 0.412. The van der Waals surface area contributed by atoms with E-state index in [-0.39, 0.29) is 12.2 Å². The van der Waals surface area contributed by atoms with Gasteiger partial charge in [0.2, 0.25) is 0 Å². The molecule has 0 aromatic carbocycles. The van der Waals surface area contributed by atoms with E-state index in [4.69, 9.17) is 9.47 Å². The first-order chi connectivity index (χ1) is 13.1. The second kappa shape index (κ2) is 7.30. The molecule has 0 unspecified atom stereocenters. The summed E-state index contributed by atoms with van der Waals surface area (Å²) in [6.45, 7) is 4.16. The van der Waals surface area contributed by atoms with Gasteiger partial charge in [-0.2, -0.15) is 13.2 Å². The summed E-state index contributed by atoms with van der Waals surface area (Å²) in [4.78, 5) is 7.85. The predicted molar refractivity (Wildman–Crippen MR) is 90.1 cm³/mol. The summed E-state index contributed by atoms with van der Waals surface area (Å²) in [5.41, 5.74) is -1.53. The molecule has 11 heteroatoms. The Kier molecular flexibility index (Phi) is 5.20. The molecule has 0 saturated carbocycles. The SMILES string of the molecule is CCOCc1nnc2cnc(-c3cnc(OC(C)(C)C(F)(F)F)c(F)c3)cn12. The van der Waals surface area contributed by atoms with Crippen LogP contribution < -0.4 is 4.74 Å². The molecule has 0 amide bonds. The van der Waals surface area contributed by atoms with Crippen molar-refractivity contribution in [2.24, 2.45) is 0 Å². The summed E-state index contributed by atoms with van der Waals surface area (Å²) in [5.74, 6) is -1.25. The number of aromatic nitrogens is 5. The van der Waals surface area contributed by atoms with Crippen LogP contribution in [-0.2, 0) is 11.3 Å². The van der Waals surface area contributed by atoms with E-state index in [2.05, 4.69) is 20.2 Å². The van der Waals surface area contributed by atoms with Gasteiger partial charge in [0.1, 0.15) is 6.61 Å². The molecule has 0 N–H and O–H groups in total. The Morgan fingerprint density at radius 3 is 2.50 bits per heavy atom. The maximum Gasteiger partial charge on any atom is 0.427 e. The molecule has 0 aliphatic heterocycles. The highest BCUT2D eigenvalue weighted by Crippen LogP contribution is 2.34. The molecule has 3 heterocycles. The summed E-state index contributed by atoms with van der Waals surface area (Å²) in [6.07, 6.45) is -0.490. The molecular weight excluding hydrogens is 382 g/mol. The molecule has 0 fully saturated rings. The van der Waals surface area contributed by atoms with Crippen molar-refractivity contribution in [1.82, 2.24) is 24.6 Å². The van der Waals surface area contributed by atoms with Crippen LogP contribution in [0.5, 0.6) is 5.88 Å². The average Bonchev–Trinajstić information content (AvgIpc) is 3.02. The fourth-order valence-electron chi connectivity index (χ4n) is 2.23. The van der Waals surface area contributed by atoms with Crippen molar-refractivity contribution < 1.29 is 27.0 Å². The van der Waals surface area contributed by atoms with Crippen LogP contribution in [0.15, 0.2) is 24.7 Å². The van der Waals surface area contributed by atoms with Crippen LogP contribution in [0.2, 0.25) is 0 Å². The Hall–Kier alpha value is -2.82. The van der Waals surface area contributed by atoms with Crippen molar-refractivity contribution >= 4 is 5.65 Å². The number of halogens is 4. The van der Waals surface area contributed by atoms with E-state index in [0.717, 1.165) is 19.9 Å². The first-order valence-electron chi connectivity index (χ1n) is 8.31. The summed E-state index contributed by atoms with van der Waals surface area (Å²) in [7, 11) is 0. The number of hydrogen-bond donors (Lipinski definition) is 0. The van der Waals surface area contributed by atoms with Gasteiger partial charge in [-0.1, -0.05) is 0 Å². The molecular formula is C17H17F4N5O2. The van der Waals surface area contributed by atoms with Gasteiger partial charge < -0.3 is 9.47 Å². The van der Waals surface area contributed by atoms with E-state index >= 15 is 0 Å². The van der Waals surface area contributed by atoms with Gasteiger partial charge in [-0.05, 0) is 26.8 Å². The van der Waals surface area contributed by atoms with Crippen LogP contribution in [0.25, 0.3) is 16.9 Å². The standard InChI is InChI=1S/C17H17F4N5O2/c1-4-27-9-14-25-24-13-7-22-12(8-26(13)14)10-5-11(18)15(23-6-10)28-16(2,3)17(19,20)21/h5-8H,4,9H2,1-3H3. The van der Waals surface area contributed by atoms with Gasteiger partial charge in [-0.3, -0.25) is 9.38 Å². The van der Waals surface area contributed by atoms with E-state index in [1.54, 1.807) is 10.6 Å².